The van der Waals surface area contributed by atoms with Crippen molar-refractivity contribution in [2.75, 3.05) is 26.6 Å². The van der Waals surface area contributed by atoms with E-state index in [1.807, 2.05) is 19.1 Å². The number of methoxy groups -OCH3 is 1. The largest absolute Gasteiger partial charge is 0.494 e. The summed E-state index contributed by atoms with van der Waals surface area (Å²) < 4.78 is 31.6. The second kappa shape index (κ2) is 7.74. The third-order valence-corrected chi connectivity index (χ3v) is 7.04. The summed E-state index contributed by atoms with van der Waals surface area (Å²) in [7, 11) is 0.953. The highest BCUT2D eigenvalue weighted by molar-refractivity contribution is 7.89. The molecular weight excluding hydrogens is 400 g/mol. The number of nitrogens with zero attached hydrogens (tertiary/aromatic N) is 2. The van der Waals surface area contributed by atoms with Crippen LogP contribution in [0.1, 0.15) is 15.9 Å². The molecule has 2 aromatic carbocycles. The number of amides is 1. The summed E-state index contributed by atoms with van der Waals surface area (Å²) in [5, 5.41) is 0.516. The predicted molar refractivity (Wildman–Crippen MR) is 109 cm³/mol. The molecule has 1 heterocycles. The molecule has 148 valence electrons. The minimum absolute atomic E-state index is 0.121. The Labute approximate surface area is 167 Å². The lowest BCUT2D eigenvalue weighted by Crippen LogP contribution is -2.29. The summed E-state index contributed by atoms with van der Waals surface area (Å²) in [6.45, 7) is 1.98. The first-order valence-corrected chi connectivity index (χ1v) is 10.5. The van der Waals surface area contributed by atoms with Crippen molar-refractivity contribution >= 4 is 42.6 Å². The number of anilines is 1. The van der Waals surface area contributed by atoms with Gasteiger partial charge in [-0.15, -0.1) is 0 Å². The molecule has 10 heteroatoms. The van der Waals surface area contributed by atoms with Crippen LogP contribution in [0.15, 0.2) is 41.3 Å². The molecule has 0 bridgehead atoms. The van der Waals surface area contributed by atoms with E-state index in [0.717, 1.165) is 20.1 Å². The van der Waals surface area contributed by atoms with Crippen molar-refractivity contribution in [3.8, 4) is 5.75 Å². The number of benzene rings is 2. The number of rotatable bonds is 6. The third-order valence-electron chi connectivity index (χ3n) is 4.10. The van der Waals surface area contributed by atoms with E-state index in [4.69, 9.17) is 4.74 Å². The van der Waals surface area contributed by atoms with E-state index in [-0.39, 0.29) is 4.90 Å². The average Bonchev–Trinajstić information content (AvgIpc) is 3.11. The number of nitrogens with one attached hydrogen (secondary N) is 2. The van der Waals surface area contributed by atoms with Crippen molar-refractivity contribution in [1.29, 1.82) is 0 Å². The first-order valence-electron chi connectivity index (χ1n) is 8.27. The van der Waals surface area contributed by atoms with Gasteiger partial charge in [0.15, 0.2) is 0 Å². The normalized spacial score (nSPS) is 11.6. The SMILES string of the molecule is COc1ccc(C)c2sc(NNC(=O)c3ccc(S(=O)(=O)N(C)C)cc3)nc12. The molecule has 28 heavy (non-hydrogen) atoms. The summed E-state index contributed by atoms with van der Waals surface area (Å²) in [6.07, 6.45) is 0. The molecule has 0 saturated heterocycles. The fourth-order valence-corrected chi connectivity index (χ4v) is 4.31. The maximum atomic E-state index is 12.3. The van der Waals surface area contributed by atoms with Gasteiger partial charge in [0.1, 0.15) is 11.3 Å². The highest BCUT2D eigenvalue weighted by atomic mass is 32.2. The number of sulfonamides is 1. The van der Waals surface area contributed by atoms with E-state index in [1.165, 1.54) is 49.7 Å². The van der Waals surface area contributed by atoms with Crippen molar-refractivity contribution in [1.82, 2.24) is 14.7 Å². The Hall–Kier alpha value is -2.69. The molecule has 0 fully saturated rings. The van der Waals surface area contributed by atoms with E-state index in [0.29, 0.717) is 16.4 Å². The van der Waals surface area contributed by atoms with E-state index in [1.54, 1.807) is 7.11 Å². The lowest BCUT2D eigenvalue weighted by molar-refractivity contribution is 0.0962. The van der Waals surface area contributed by atoms with Gasteiger partial charge in [0.25, 0.3) is 5.91 Å². The topological polar surface area (TPSA) is 101 Å². The molecule has 0 aliphatic heterocycles. The molecule has 8 nitrogen and oxygen atoms in total. The summed E-state index contributed by atoms with van der Waals surface area (Å²) in [4.78, 5) is 16.9. The van der Waals surface area contributed by atoms with Gasteiger partial charge in [-0.2, -0.15) is 0 Å². The number of hydrogen-bond donors (Lipinski definition) is 2. The second-order valence-electron chi connectivity index (χ2n) is 6.17. The molecule has 1 amide bonds. The molecule has 0 aliphatic rings. The molecule has 0 unspecified atom stereocenters. The first kappa shape index (κ1) is 20.1. The van der Waals surface area contributed by atoms with Crippen LogP contribution >= 0.6 is 11.3 Å². The number of carbonyl (C=O) groups excluding carboxylic acids is 1. The van der Waals surface area contributed by atoms with Gasteiger partial charge in [0.05, 0.1) is 16.7 Å². The van der Waals surface area contributed by atoms with Crippen LogP contribution in [0.4, 0.5) is 5.13 Å². The number of fused-ring (bicyclic) bond motifs is 1. The smallest absolute Gasteiger partial charge is 0.269 e. The summed E-state index contributed by atoms with van der Waals surface area (Å²) in [5.41, 5.74) is 7.48. The van der Waals surface area contributed by atoms with Crippen LogP contribution in [0.5, 0.6) is 5.75 Å². The molecule has 3 aromatic rings. The Balaban J connectivity index is 1.74. The van der Waals surface area contributed by atoms with Crippen LogP contribution in [0.2, 0.25) is 0 Å². The Bertz CT molecular complexity index is 1120. The minimum atomic E-state index is -3.53. The maximum Gasteiger partial charge on any atom is 0.269 e. The zero-order valence-electron chi connectivity index (χ0n) is 15.8. The lowest BCUT2D eigenvalue weighted by Gasteiger charge is -2.11. The molecule has 0 spiro atoms. The zero-order chi connectivity index (χ0) is 20.5. The van der Waals surface area contributed by atoms with Crippen molar-refractivity contribution in [3.05, 3.63) is 47.5 Å². The van der Waals surface area contributed by atoms with E-state index < -0.39 is 15.9 Å². The minimum Gasteiger partial charge on any atom is -0.494 e. The number of aryl methyl sites for hydroxylation is 1. The van der Waals surface area contributed by atoms with E-state index >= 15 is 0 Å². The highest BCUT2D eigenvalue weighted by Crippen LogP contribution is 2.34. The van der Waals surface area contributed by atoms with Crippen LogP contribution in [0, 0.1) is 6.92 Å². The van der Waals surface area contributed by atoms with Crippen molar-refractivity contribution in [3.63, 3.8) is 0 Å². The van der Waals surface area contributed by atoms with E-state index in [2.05, 4.69) is 15.8 Å². The van der Waals surface area contributed by atoms with Gasteiger partial charge in [0.2, 0.25) is 15.2 Å². The molecule has 1 aromatic heterocycles. The zero-order valence-corrected chi connectivity index (χ0v) is 17.4. The maximum absolute atomic E-state index is 12.3. The second-order valence-corrected chi connectivity index (χ2v) is 9.32. The molecule has 0 saturated carbocycles. The Kier molecular flexibility index (Phi) is 5.54. The molecule has 0 atom stereocenters. The standard InChI is InChI=1S/C18H20N4O4S2/c1-11-5-10-14(26-4)15-16(11)27-18(19-15)21-20-17(23)12-6-8-13(9-7-12)28(24,25)22(2)3/h5-10H,1-4H3,(H,19,21)(H,20,23). The monoisotopic (exact) mass is 420 g/mol. The van der Waals surface area contributed by atoms with Gasteiger partial charge < -0.3 is 4.74 Å². The number of ether oxygens (including phenoxy) is 1. The van der Waals surface area contributed by atoms with Crippen molar-refractivity contribution in [2.45, 2.75) is 11.8 Å². The number of hydrazine groups is 1. The van der Waals surface area contributed by atoms with E-state index in [9.17, 15) is 13.2 Å². The van der Waals surface area contributed by atoms with Crippen molar-refractivity contribution < 1.29 is 17.9 Å². The van der Waals surface area contributed by atoms with Gasteiger partial charge in [0, 0.05) is 19.7 Å². The highest BCUT2D eigenvalue weighted by Gasteiger charge is 2.18. The fourth-order valence-electron chi connectivity index (χ4n) is 2.50. The van der Waals surface area contributed by atoms with Gasteiger partial charge >= 0.3 is 0 Å². The molecule has 3 rings (SSSR count). The number of carbonyl (C=O) groups is 1. The summed E-state index contributed by atoms with van der Waals surface area (Å²) in [6, 6.07) is 9.51. The van der Waals surface area contributed by atoms with Gasteiger partial charge in [-0.25, -0.2) is 17.7 Å². The fraction of sp³-hybridized carbons (Fsp3) is 0.222. The van der Waals surface area contributed by atoms with Gasteiger partial charge in [-0.05, 0) is 42.8 Å². The first-order chi connectivity index (χ1) is 13.2. The molecular formula is C18H20N4O4S2. The molecule has 0 radical (unpaired) electrons. The number of hydrogen-bond acceptors (Lipinski definition) is 7. The summed E-state index contributed by atoms with van der Waals surface area (Å²) >= 11 is 1.40. The van der Waals surface area contributed by atoms with Gasteiger partial charge in [-0.1, -0.05) is 17.4 Å². The van der Waals surface area contributed by atoms with Crippen LogP contribution in [-0.2, 0) is 10.0 Å². The number of aromatic nitrogens is 1. The van der Waals surface area contributed by atoms with Crippen LogP contribution in [0.3, 0.4) is 0 Å². The number of thiazole rings is 1. The Morgan fingerprint density at radius 3 is 2.43 bits per heavy atom. The Morgan fingerprint density at radius 2 is 1.82 bits per heavy atom. The quantitative estimate of drug-likeness (QED) is 0.595. The molecule has 0 aliphatic carbocycles. The predicted octanol–water partition coefficient (Wildman–Crippen LogP) is 2.62. The van der Waals surface area contributed by atoms with Gasteiger partial charge in [-0.3, -0.25) is 15.6 Å². The van der Waals surface area contributed by atoms with Crippen LogP contribution in [-0.4, -0.2) is 44.8 Å². The van der Waals surface area contributed by atoms with Crippen LogP contribution < -0.4 is 15.6 Å². The lowest BCUT2D eigenvalue weighted by atomic mass is 10.2. The van der Waals surface area contributed by atoms with Crippen LogP contribution in [0.25, 0.3) is 10.2 Å². The average molecular weight is 421 g/mol. The molecule has 2 N–H and O–H groups in total. The van der Waals surface area contributed by atoms with Crippen molar-refractivity contribution in [2.24, 2.45) is 0 Å². The third kappa shape index (κ3) is 3.79. The Morgan fingerprint density at radius 1 is 1.14 bits per heavy atom. The summed E-state index contributed by atoms with van der Waals surface area (Å²) in [5.74, 6) is 0.255.